The summed E-state index contributed by atoms with van der Waals surface area (Å²) < 4.78 is 0.177. The number of hydrogen-bond donors (Lipinski definition) is 1. The Morgan fingerprint density at radius 3 is 2.57 bits per heavy atom. The summed E-state index contributed by atoms with van der Waals surface area (Å²) in [6, 6.07) is 11.2. The first kappa shape index (κ1) is 16.4. The smallest absolute Gasteiger partial charge is 0.0641 e. The average molecular weight is 303 g/mol. The van der Waals surface area contributed by atoms with Crippen LogP contribution in [0.3, 0.4) is 0 Å². The molecule has 1 aromatic carbocycles. The minimum Gasteiger partial charge on any atom is -0.314 e. The Bertz CT molecular complexity index is 495. The van der Waals surface area contributed by atoms with Crippen molar-refractivity contribution in [3.63, 3.8) is 0 Å². The van der Waals surface area contributed by atoms with Gasteiger partial charge in [-0.1, -0.05) is 39.0 Å². The molecule has 1 aromatic rings. The van der Waals surface area contributed by atoms with E-state index in [1.165, 1.54) is 10.5 Å². The van der Waals surface area contributed by atoms with Gasteiger partial charge in [0.05, 0.1) is 12.5 Å². The van der Waals surface area contributed by atoms with E-state index in [9.17, 15) is 5.26 Å². The molecule has 1 heterocycles. The van der Waals surface area contributed by atoms with Crippen LogP contribution in [0.5, 0.6) is 0 Å². The molecule has 3 nitrogen and oxygen atoms in total. The summed E-state index contributed by atoms with van der Waals surface area (Å²) in [7, 11) is 0. The van der Waals surface area contributed by atoms with E-state index in [1.807, 2.05) is 11.8 Å². The number of nitriles is 1. The maximum Gasteiger partial charge on any atom is 0.0641 e. The van der Waals surface area contributed by atoms with E-state index >= 15 is 0 Å². The number of benzene rings is 1. The number of nitrogens with zero attached hydrogens (tertiary/aromatic N) is 2. The number of thioether (sulfide) groups is 1. The highest BCUT2D eigenvalue weighted by Gasteiger charge is 2.25. The van der Waals surface area contributed by atoms with Crippen LogP contribution < -0.4 is 5.32 Å². The number of nitrogens with one attached hydrogen (secondary N) is 1. The normalized spacial score (nSPS) is 18.2. The second-order valence-electron chi connectivity index (χ2n) is 6.42. The van der Waals surface area contributed by atoms with Crippen LogP contribution in [-0.4, -0.2) is 35.8 Å². The number of rotatable bonds is 4. The Balaban J connectivity index is 2.29. The highest BCUT2D eigenvalue weighted by molar-refractivity contribution is 8.00. The number of hydrogen-bond acceptors (Lipinski definition) is 4. The largest absolute Gasteiger partial charge is 0.314 e. The van der Waals surface area contributed by atoms with E-state index in [2.05, 4.69) is 61.3 Å². The van der Waals surface area contributed by atoms with Crippen molar-refractivity contribution in [2.75, 3.05) is 26.2 Å². The molecule has 2 rings (SSSR count). The first-order valence-electron chi connectivity index (χ1n) is 7.61. The standard InChI is InChI=1S/C17H25N3S/c1-17(2,3)21-16-7-5-4-6-14(16)15(8-9-18)20-12-10-19-11-13-20/h4-7,15,19H,8,10-13H2,1-3H3/t15-/m0/s1. The summed E-state index contributed by atoms with van der Waals surface area (Å²) in [5.74, 6) is 0. The molecule has 0 bridgehead atoms. The van der Waals surface area contributed by atoms with Crippen LogP contribution in [-0.2, 0) is 0 Å². The van der Waals surface area contributed by atoms with Gasteiger partial charge in [0.25, 0.3) is 0 Å². The Kier molecular flexibility index (Phi) is 5.69. The molecule has 114 valence electrons. The molecule has 0 radical (unpaired) electrons. The van der Waals surface area contributed by atoms with Crippen molar-refractivity contribution in [2.24, 2.45) is 0 Å². The second-order valence-corrected chi connectivity index (χ2v) is 8.28. The third-order valence-electron chi connectivity index (χ3n) is 3.57. The van der Waals surface area contributed by atoms with Gasteiger partial charge < -0.3 is 5.32 Å². The zero-order chi connectivity index (χ0) is 15.3. The van der Waals surface area contributed by atoms with Crippen LogP contribution in [0.2, 0.25) is 0 Å². The molecule has 1 N–H and O–H groups in total. The zero-order valence-corrected chi connectivity index (χ0v) is 14.0. The minimum atomic E-state index is 0.177. The Morgan fingerprint density at radius 2 is 1.95 bits per heavy atom. The van der Waals surface area contributed by atoms with Crippen molar-refractivity contribution in [2.45, 2.75) is 42.9 Å². The Morgan fingerprint density at radius 1 is 1.29 bits per heavy atom. The van der Waals surface area contributed by atoms with E-state index in [0.29, 0.717) is 6.42 Å². The summed E-state index contributed by atoms with van der Waals surface area (Å²) in [5, 5.41) is 12.6. The molecule has 1 saturated heterocycles. The monoisotopic (exact) mass is 303 g/mol. The lowest BCUT2D eigenvalue weighted by Crippen LogP contribution is -2.45. The Hall–Kier alpha value is -1.02. The molecule has 0 spiro atoms. The van der Waals surface area contributed by atoms with Crippen molar-refractivity contribution >= 4 is 11.8 Å². The fourth-order valence-electron chi connectivity index (χ4n) is 2.69. The first-order chi connectivity index (χ1) is 10.0. The molecule has 21 heavy (non-hydrogen) atoms. The topological polar surface area (TPSA) is 39.1 Å². The van der Waals surface area contributed by atoms with Crippen LogP contribution >= 0.6 is 11.8 Å². The summed E-state index contributed by atoms with van der Waals surface area (Å²) in [4.78, 5) is 3.76. The third-order valence-corrected chi connectivity index (χ3v) is 4.78. The molecule has 0 unspecified atom stereocenters. The van der Waals surface area contributed by atoms with Gasteiger partial charge >= 0.3 is 0 Å². The van der Waals surface area contributed by atoms with Crippen LogP contribution in [0.15, 0.2) is 29.2 Å². The van der Waals surface area contributed by atoms with E-state index in [0.717, 1.165) is 26.2 Å². The molecule has 0 aliphatic carbocycles. The van der Waals surface area contributed by atoms with Crippen molar-refractivity contribution in [1.29, 1.82) is 5.26 Å². The van der Waals surface area contributed by atoms with Gasteiger partial charge in [0, 0.05) is 41.9 Å². The molecule has 1 atom stereocenters. The third kappa shape index (κ3) is 4.74. The number of piperazine rings is 1. The maximum absolute atomic E-state index is 9.25. The summed E-state index contributed by atoms with van der Waals surface area (Å²) >= 11 is 1.89. The average Bonchev–Trinajstić information content (AvgIpc) is 2.45. The van der Waals surface area contributed by atoms with E-state index in [1.54, 1.807) is 0 Å². The zero-order valence-electron chi connectivity index (χ0n) is 13.2. The Labute approximate surface area is 132 Å². The molecular formula is C17H25N3S. The predicted molar refractivity (Wildman–Crippen MR) is 89.5 cm³/mol. The second kappa shape index (κ2) is 7.31. The highest BCUT2D eigenvalue weighted by Crippen LogP contribution is 2.38. The van der Waals surface area contributed by atoms with E-state index < -0.39 is 0 Å². The van der Waals surface area contributed by atoms with Gasteiger partial charge in [0.15, 0.2) is 0 Å². The quantitative estimate of drug-likeness (QED) is 0.865. The molecule has 1 aliphatic heterocycles. The lowest BCUT2D eigenvalue weighted by molar-refractivity contribution is 0.174. The van der Waals surface area contributed by atoms with Gasteiger partial charge in [-0.05, 0) is 11.6 Å². The van der Waals surface area contributed by atoms with Gasteiger partial charge in [-0.2, -0.15) is 5.26 Å². The SMILES string of the molecule is CC(C)(C)Sc1ccccc1[C@H](CC#N)N1CCNCC1. The fraction of sp³-hybridized carbons (Fsp3) is 0.588. The highest BCUT2D eigenvalue weighted by atomic mass is 32.2. The van der Waals surface area contributed by atoms with Crippen LogP contribution in [0.25, 0.3) is 0 Å². The summed E-state index contributed by atoms with van der Waals surface area (Å²) in [6.45, 7) is 10.8. The molecule has 4 heteroatoms. The molecule has 1 fully saturated rings. The van der Waals surface area contributed by atoms with Gasteiger partial charge in [-0.3, -0.25) is 4.90 Å². The van der Waals surface area contributed by atoms with Gasteiger partial charge in [0.1, 0.15) is 0 Å². The maximum atomic E-state index is 9.25. The van der Waals surface area contributed by atoms with Crippen molar-refractivity contribution in [3.8, 4) is 6.07 Å². The van der Waals surface area contributed by atoms with Gasteiger partial charge in [-0.15, -0.1) is 11.8 Å². The molecule has 1 aliphatic rings. The predicted octanol–water partition coefficient (Wildman–Crippen LogP) is 3.44. The van der Waals surface area contributed by atoms with Crippen molar-refractivity contribution in [3.05, 3.63) is 29.8 Å². The van der Waals surface area contributed by atoms with Crippen LogP contribution in [0.1, 0.15) is 38.8 Å². The lowest BCUT2D eigenvalue weighted by Gasteiger charge is -2.35. The van der Waals surface area contributed by atoms with Crippen LogP contribution in [0, 0.1) is 11.3 Å². The van der Waals surface area contributed by atoms with Gasteiger partial charge in [0.2, 0.25) is 0 Å². The first-order valence-corrected chi connectivity index (χ1v) is 8.42. The molecular weight excluding hydrogens is 278 g/mol. The van der Waals surface area contributed by atoms with Crippen molar-refractivity contribution in [1.82, 2.24) is 10.2 Å². The van der Waals surface area contributed by atoms with Crippen molar-refractivity contribution < 1.29 is 0 Å². The van der Waals surface area contributed by atoms with E-state index in [-0.39, 0.29) is 10.8 Å². The fourth-order valence-corrected chi connectivity index (χ4v) is 3.82. The minimum absolute atomic E-state index is 0.177. The summed E-state index contributed by atoms with van der Waals surface area (Å²) in [6.07, 6.45) is 0.557. The lowest BCUT2D eigenvalue weighted by atomic mass is 10.0. The molecule has 0 amide bonds. The van der Waals surface area contributed by atoms with Gasteiger partial charge in [-0.25, -0.2) is 0 Å². The molecule has 0 saturated carbocycles. The van der Waals surface area contributed by atoms with Crippen LogP contribution in [0.4, 0.5) is 0 Å². The molecule has 0 aromatic heterocycles. The summed E-state index contributed by atoms with van der Waals surface area (Å²) in [5.41, 5.74) is 1.31. The van der Waals surface area contributed by atoms with E-state index in [4.69, 9.17) is 0 Å².